The number of halogens is 1. The van der Waals surface area contributed by atoms with E-state index in [9.17, 15) is 14.7 Å². The van der Waals surface area contributed by atoms with Crippen LogP contribution in [0, 0.1) is 0 Å². The van der Waals surface area contributed by atoms with Crippen LogP contribution in [-0.2, 0) is 22.4 Å². The fourth-order valence-corrected chi connectivity index (χ4v) is 4.37. The highest BCUT2D eigenvalue weighted by atomic mass is 35.5. The number of benzene rings is 1. The topological polar surface area (TPSA) is 114 Å². The van der Waals surface area contributed by atoms with Crippen LogP contribution in [0.3, 0.4) is 0 Å². The molecule has 9 nitrogen and oxygen atoms in total. The Bertz CT molecular complexity index is 1060. The Balaban J connectivity index is 2.00. The molecule has 3 rings (SSSR count). The molecule has 2 heterocycles. The summed E-state index contributed by atoms with van der Waals surface area (Å²) < 4.78 is 10.8. The van der Waals surface area contributed by atoms with E-state index < -0.39 is 24.3 Å². The summed E-state index contributed by atoms with van der Waals surface area (Å²) in [7, 11) is 1.58. The van der Waals surface area contributed by atoms with Crippen LogP contribution in [0.15, 0.2) is 18.2 Å². The van der Waals surface area contributed by atoms with E-state index >= 15 is 0 Å². The van der Waals surface area contributed by atoms with E-state index in [1.54, 1.807) is 27.0 Å². The van der Waals surface area contributed by atoms with E-state index in [1.807, 2.05) is 26.0 Å². The zero-order valence-corrected chi connectivity index (χ0v) is 20.8. The number of carbonyl (C=O) groups excluding carboxylic acids is 1. The second kappa shape index (κ2) is 10.9. The predicted molar refractivity (Wildman–Crippen MR) is 130 cm³/mol. The third-order valence-electron chi connectivity index (χ3n) is 6.05. The van der Waals surface area contributed by atoms with E-state index in [-0.39, 0.29) is 18.9 Å². The zero-order valence-electron chi connectivity index (χ0n) is 20.1. The van der Waals surface area contributed by atoms with Crippen molar-refractivity contribution in [2.24, 2.45) is 0 Å². The molecule has 1 amide bonds. The molecule has 0 saturated carbocycles. The number of esters is 1. The Morgan fingerprint density at radius 3 is 2.47 bits per heavy atom. The first kappa shape index (κ1) is 25.6. The zero-order chi connectivity index (χ0) is 25.0. The van der Waals surface area contributed by atoms with Crippen LogP contribution in [0.1, 0.15) is 45.5 Å². The Hall–Kier alpha value is -3.07. The smallest absolute Gasteiger partial charge is 0.407 e. The summed E-state index contributed by atoms with van der Waals surface area (Å²) >= 11 is 6.52. The monoisotopic (exact) mass is 490 g/mol. The van der Waals surface area contributed by atoms with Crippen molar-refractivity contribution in [1.82, 2.24) is 14.9 Å². The van der Waals surface area contributed by atoms with E-state index in [0.717, 1.165) is 11.3 Å². The van der Waals surface area contributed by atoms with Crippen LogP contribution in [0.2, 0.25) is 5.02 Å². The van der Waals surface area contributed by atoms with Gasteiger partial charge in [0, 0.05) is 12.0 Å². The van der Waals surface area contributed by atoms with Crippen molar-refractivity contribution in [3.63, 3.8) is 0 Å². The molecular weight excluding hydrogens is 460 g/mol. The van der Waals surface area contributed by atoms with Crippen molar-refractivity contribution >= 4 is 29.5 Å². The fraction of sp³-hybridized carbons (Fsp3) is 0.500. The summed E-state index contributed by atoms with van der Waals surface area (Å²) in [5.41, 5.74) is 2.91. The molecule has 0 radical (unpaired) electrons. The molecule has 1 aliphatic rings. The lowest BCUT2D eigenvalue weighted by Gasteiger charge is -2.26. The van der Waals surface area contributed by atoms with Crippen molar-refractivity contribution in [3.8, 4) is 17.0 Å². The second-order valence-electron chi connectivity index (χ2n) is 8.09. The normalized spacial score (nSPS) is 19.7. The van der Waals surface area contributed by atoms with Gasteiger partial charge in [0.05, 0.1) is 47.8 Å². The van der Waals surface area contributed by atoms with Crippen molar-refractivity contribution in [3.05, 3.63) is 34.6 Å². The Morgan fingerprint density at radius 2 is 1.91 bits per heavy atom. The van der Waals surface area contributed by atoms with Crippen LogP contribution in [0.25, 0.3) is 11.3 Å². The fourth-order valence-electron chi connectivity index (χ4n) is 4.11. The molecule has 10 heteroatoms. The highest BCUT2D eigenvalue weighted by Crippen LogP contribution is 2.34. The number of nitrogens with one attached hydrogen (secondary N) is 1. The molecule has 184 valence electrons. The minimum atomic E-state index is -1.06. The van der Waals surface area contributed by atoms with Crippen LogP contribution in [0.4, 0.5) is 10.6 Å². The number of ether oxygens (including phenoxy) is 2. The van der Waals surface area contributed by atoms with Crippen LogP contribution in [0.5, 0.6) is 5.75 Å². The van der Waals surface area contributed by atoms with Crippen molar-refractivity contribution in [2.75, 3.05) is 19.0 Å². The van der Waals surface area contributed by atoms with Gasteiger partial charge in [0.15, 0.2) is 0 Å². The first-order valence-corrected chi connectivity index (χ1v) is 11.8. The lowest BCUT2D eigenvalue weighted by Crippen LogP contribution is -2.42. The molecule has 1 saturated heterocycles. The molecule has 0 bridgehead atoms. The molecule has 0 aliphatic carbocycles. The SMILES string of the molecule is CCC(=O)O[C@H]1CN(C(=O)O)C(C)[C@H]1Nc1nc(CC)c(-c2ccc(OC)cc2Cl)nc1CC. The van der Waals surface area contributed by atoms with Gasteiger partial charge in [-0.1, -0.05) is 32.4 Å². The van der Waals surface area contributed by atoms with Crippen LogP contribution < -0.4 is 10.1 Å². The number of carbonyl (C=O) groups is 2. The number of amides is 1. The molecule has 1 aromatic heterocycles. The minimum Gasteiger partial charge on any atom is -0.497 e. The Kier molecular flexibility index (Phi) is 8.19. The maximum absolute atomic E-state index is 12.0. The molecule has 1 aromatic carbocycles. The van der Waals surface area contributed by atoms with Gasteiger partial charge >= 0.3 is 12.1 Å². The number of rotatable bonds is 8. The number of hydrogen-bond donors (Lipinski definition) is 2. The number of nitrogens with zero attached hydrogens (tertiary/aromatic N) is 3. The van der Waals surface area contributed by atoms with Gasteiger partial charge in [-0.25, -0.2) is 14.8 Å². The Labute approximate surface area is 204 Å². The molecule has 1 fully saturated rings. The summed E-state index contributed by atoms with van der Waals surface area (Å²) in [6, 6.07) is 4.53. The molecule has 2 N–H and O–H groups in total. The molecule has 34 heavy (non-hydrogen) atoms. The van der Waals surface area contributed by atoms with Gasteiger partial charge in [-0.05, 0) is 38.0 Å². The second-order valence-corrected chi connectivity index (χ2v) is 8.50. The third kappa shape index (κ3) is 5.19. The van der Waals surface area contributed by atoms with Gasteiger partial charge in [-0.2, -0.15) is 0 Å². The van der Waals surface area contributed by atoms with E-state index in [4.69, 9.17) is 31.0 Å². The van der Waals surface area contributed by atoms with Gasteiger partial charge in [0.25, 0.3) is 0 Å². The first-order chi connectivity index (χ1) is 16.2. The van der Waals surface area contributed by atoms with Gasteiger partial charge < -0.3 is 19.9 Å². The molecule has 2 aromatic rings. The van der Waals surface area contributed by atoms with Gasteiger partial charge in [-0.15, -0.1) is 0 Å². The van der Waals surface area contributed by atoms with Crippen LogP contribution in [-0.4, -0.2) is 63.9 Å². The molecular formula is C24H31ClN4O5. The number of anilines is 1. The van der Waals surface area contributed by atoms with E-state index in [2.05, 4.69) is 5.32 Å². The highest BCUT2D eigenvalue weighted by Gasteiger charge is 2.44. The van der Waals surface area contributed by atoms with E-state index in [0.29, 0.717) is 40.8 Å². The Morgan fingerprint density at radius 1 is 1.21 bits per heavy atom. The number of methoxy groups -OCH3 is 1. The third-order valence-corrected chi connectivity index (χ3v) is 6.36. The predicted octanol–water partition coefficient (Wildman–Crippen LogP) is 4.41. The quantitative estimate of drug-likeness (QED) is 0.523. The molecule has 0 spiro atoms. The number of likely N-dealkylation sites (tertiary alicyclic amines) is 1. The molecule has 1 unspecified atom stereocenters. The number of carboxylic acid groups (broad SMARTS) is 1. The van der Waals surface area contributed by atoms with E-state index in [1.165, 1.54) is 4.90 Å². The summed E-state index contributed by atoms with van der Waals surface area (Å²) in [6.45, 7) is 7.54. The molecule has 3 atom stereocenters. The lowest BCUT2D eigenvalue weighted by atomic mass is 10.1. The maximum Gasteiger partial charge on any atom is 0.407 e. The number of hydrogen-bond acceptors (Lipinski definition) is 7. The average Bonchev–Trinajstić information content (AvgIpc) is 3.13. The largest absolute Gasteiger partial charge is 0.497 e. The lowest BCUT2D eigenvalue weighted by molar-refractivity contribution is -0.148. The van der Waals surface area contributed by atoms with Crippen molar-refractivity contribution in [2.45, 2.75) is 65.1 Å². The van der Waals surface area contributed by atoms with Crippen molar-refractivity contribution < 1.29 is 24.2 Å². The summed E-state index contributed by atoms with van der Waals surface area (Å²) in [5, 5.41) is 13.5. The average molecular weight is 491 g/mol. The summed E-state index contributed by atoms with van der Waals surface area (Å²) in [6.07, 6.45) is -0.287. The number of aryl methyl sites for hydroxylation is 2. The summed E-state index contributed by atoms with van der Waals surface area (Å²) in [4.78, 5) is 34.7. The first-order valence-electron chi connectivity index (χ1n) is 11.4. The number of aromatic nitrogens is 2. The summed E-state index contributed by atoms with van der Waals surface area (Å²) in [5.74, 6) is 0.825. The van der Waals surface area contributed by atoms with Gasteiger partial charge in [-0.3, -0.25) is 9.69 Å². The van der Waals surface area contributed by atoms with Crippen LogP contribution >= 0.6 is 11.6 Å². The minimum absolute atomic E-state index is 0.0922. The van der Waals surface area contributed by atoms with Crippen molar-refractivity contribution in [1.29, 1.82) is 0 Å². The van der Waals surface area contributed by atoms with Gasteiger partial charge in [0.2, 0.25) is 0 Å². The standard InChI is InChI=1S/C24H31ClN4O5/c1-6-17-22(15-10-9-14(33-5)11-16(15)25)26-18(7-2)23(27-17)28-21-13(4)29(24(31)32)12-19(21)34-20(30)8-3/h9-11,13,19,21H,6-8,12H2,1-5H3,(H,27,28)(H,31,32)/t13?,19-,21+/m0/s1. The highest BCUT2D eigenvalue weighted by molar-refractivity contribution is 6.33. The molecule has 1 aliphatic heterocycles. The van der Waals surface area contributed by atoms with Gasteiger partial charge in [0.1, 0.15) is 17.7 Å². The maximum atomic E-state index is 12.0.